The van der Waals surface area contributed by atoms with Gasteiger partial charge in [0, 0.05) is 58.0 Å². The van der Waals surface area contributed by atoms with E-state index in [1.54, 1.807) is 6.07 Å². The molecule has 0 aromatic heterocycles. The van der Waals surface area contributed by atoms with Crippen molar-refractivity contribution in [1.82, 2.24) is 9.80 Å². The SMILES string of the molecule is CC(C(=O)N1CCN(c2ccccc2)CC1)N1CCN(c2ccccc2F)CC1. The van der Waals surface area contributed by atoms with Gasteiger partial charge in [0.1, 0.15) is 5.82 Å². The molecule has 0 saturated carbocycles. The van der Waals surface area contributed by atoms with Gasteiger partial charge in [0.05, 0.1) is 11.7 Å². The number of amides is 1. The number of carbonyl (C=O) groups is 1. The van der Waals surface area contributed by atoms with Crippen molar-refractivity contribution in [2.75, 3.05) is 62.2 Å². The number of piperazine rings is 2. The number of benzene rings is 2. The van der Waals surface area contributed by atoms with Gasteiger partial charge in [-0.2, -0.15) is 0 Å². The number of rotatable bonds is 4. The predicted octanol–water partition coefficient (Wildman–Crippen LogP) is 2.69. The van der Waals surface area contributed by atoms with Crippen LogP contribution >= 0.6 is 0 Å². The maximum absolute atomic E-state index is 14.0. The molecule has 2 fully saturated rings. The third-order valence-electron chi connectivity index (χ3n) is 6.13. The Morgan fingerprint density at radius 2 is 1.38 bits per heavy atom. The van der Waals surface area contributed by atoms with Crippen LogP contribution in [0.4, 0.5) is 15.8 Å². The largest absolute Gasteiger partial charge is 0.368 e. The van der Waals surface area contributed by atoms with Gasteiger partial charge in [0.15, 0.2) is 0 Å². The molecule has 0 spiro atoms. The van der Waals surface area contributed by atoms with E-state index in [1.807, 2.05) is 30.0 Å². The summed E-state index contributed by atoms with van der Waals surface area (Å²) in [4.78, 5) is 21.7. The monoisotopic (exact) mass is 396 g/mol. The number of nitrogens with zero attached hydrogens (tertiary/aromatic N) is 4. The first-order chi connectivity index (χ1) is 14.1. The lowest BCUT2D eigenvalue weighted by molar-refractivity contribution is -0.136. The molecule has 1 amide bonds. The average molecular weight is 397 g/mol. The Hall–Kier alpha value is -2.60. The van der Waals surface area contributed by atoms with E-state index in [-0.39, 0.29) is 17.8 Å². The fourth-order valence-electron chi connectivity index (χ4n) is 4.30. The van der Waals surface area contributed by atoms with Crippen molar-refractivity contribution in [3.63, 3.8) is 0 Å². The van der Waals surface area contributed by atoms with E-state index in [0.29, 0.717) is 5.69 Å². The van der Waals surface area contributed by atoms with Crippen LogP contribution in [-0.2, 0) is 4.79 Å². The normalized spacial score (nSPS) is 19.3. The zero-order valence-electron chi connectivity index (χ0n) is 17.0. The number of halogens is 1. The number of hydrogen-bond donors (Lipinski definition) is 0. The highest BCUT2D eigenvalue weighted by molar-refractivity contribution is 5.81. The van der Waals surface area contributed by atoms with Gasteiger partial charge in [-0.1, -0.05) is 30.3 Å². The van der Waals surface area contributed by atoms with Gasteiger partial charge in [-0.05, 0) is 31.2 Å². The van der Waals surface area contributed by atoms with Crippen LogP contribution in [0.2, 0.25) is 0 Å². The third kappa shape index (κ3) is 4.37. The molecule has 1 atom stereocenters. The summed E-state index contributed by atoms with van der Waals surface area (Å²) in [6.45, 7) is 8.26. The lowest BCUT2D eigenvalue weighted by Gasteiger charge is -2.42. The van der Waals surface area contributed by atoms with Crippen LogP contribution in [-0.4, -0.2) is 74.1 Å². The summed E-state index contributed by atoms with van der Waals surface area (Å²) in [6, 6.07) is 17.1. The summed E-state index contributed by atoms with van der Waals surface area (Å²) in [5, 5.41) is 0. The Bertz CT molecular complexity index is 815. The number of para-hydroxylation sites is 2. The first-order valence-corrected chi connectivity index (χ1v) is 10.5. The minimum atomic E-state index is -0.179. The second kappa shape index (κ2) is 8.82. The van der Waals surface area contributed by atoms with Crippen LogP contribution in [0.25, 0.3) is 0 Å². The second-order valence-electron chi connectivity index (χ2n) is 7.80. The molecule has 2 aliphatic rings. The van der Waals surface area contributed by atoms with Crippen LogP contribution in [0.3, 0.4) is 0 Å². The van der Waals surface area contributed by atoms with Gasteiger partial charge in [0.25, 0.3) is 0 Å². The molecule has 2 aromatic carbocycles. The molecule has 0 radical (unpaired) electrons. The zero-order valence-corrected chi connectivity index (χ0v) is 17.0. The molecule has 154 valence electrons. The van der Waals surface area contributed by atoms with Gasteiger partial charge >= 0.3 is 0 Å². The van der Waals surface area contributed by atoms with Crippen molar-refractivity contribution < 1.29 is 9.18 Å². The molecule has 2 heterocycles. The summed E-state index contributed by atoms with van der Waals surface area (Å²) in [5.74, 6) is 0.0263. The molecule has 2 aromatic rings. The van der Waals surface area contributed by atoms with E-state index in [2.05, 4.69) is 39.0 Å². The van der Waals surface area contributed by atoms with Crippen molar-refractivity contribution in [3.8, 4) is 0 Å². The van der Waals surface area contributed by atoms with Gasteiger partial charge in [-0.3, -0.25) is 9.69 Å². The van der Waals surface area contributed by atoms with Crippen LogP contribution in [0.5, 0.6) is 0 Å². The number of carbonyl (C=O) groups excluding carboxylic acids is 1. The Morgan fingerprint density at radius 3 is 2.03 bits per heavy atom. The number of hydrogen-bond acceptors (Lipinski definition) is 4. The maximum Gasteiger partial charge on any atom is 0.239 e. The highest BCUT2D eigenvalue weighted by Gasteiger charge is 2.31. The summed E-state index contributed by atoms with van der Waals surface area (Å²) < 4.78 is 14.0. The van der Waals surface area contributed by atoms with Crippen LogP contribution in [0, 0.1) is 5.82 Å². The van der Waals surface area contributed by atoms with Crippen molar-refractivity contribution >= 4 is 17.3 Å². The maximum atomic E-state index is 14.0. The van der Waals surface area contributed by atoms with E-state index in [0.717, 1.165) is 52.4 Å². The quantitative estimate of drug-likeness (QED) is 0.795. The molecule has 1 unspecified atom stereocenters. The summed E-state index contributed by atoms with van der Waals surface area (Å²) in [5.41, 5.74) is 1.88. The zero-order chi connectivity index (χ0) is 20.2. The van der Waals surface area contributed by atoms with Crippen LogP contribution < -0.4 is 9.80 Å². The minimum Gasteiger partial charge on any atom is -0.368 e. The van der Waals surface area contributed by atoms with Crippen LogP contribution in [0.1, 0.15) is 6.92 Å². The molecule has 5 nitrogen and oxygen atoms in total. The molecule has 29 heavy (non-hydrogen) atoms. The van der Waals surface area contributed by atoms with Crippen molar-refractivity contribution in [1.29, 1.82) is 0 Å². The Labute approximate surface area is 172 Å². The third-order valence-corrected chi connectivity index (χ3v) is 6.13. The smallest absolute Gasteiger partial charge is 0.239 e. The van der Waals surface area contributed by atoms with E-state index < -0.39 is 0 Å². The van der Waals surface area contributed by atoms with E-state index in [4.69, 9.17) is 0 Å². The highest BCUT2D eigenvalue weighted by Crippen LogP contribution is 2.21. The number of anilines is 2. The molecule has 0 aliphatic carbocycles. The summed E-state index contributed by atoms with van der Waals surface area (Å²) in [7, 11) is 0. The molecule has 0 bridgehead atoms. The van der Waals surface area contributed by atoms with Gasteiger partial charge < -0.3 is 14.7 Å². The Kier molecular flexibility index (Phi) is 6.00. The fraction of sp³-hybridized carbons (Fsp3) is 0.435. The van der Waals surface area contributed by atoms with Crippen molar-refractivity contribution in [2.45, 2.75) is 13.0 Å². The van der Waals surface area contributed by atoms with E-state index >= 15 is 0 Å². The van der Waals surface area contributed by atoms with Crippen LogP contribution in [0.15, 0.2) is 54.6 Å². The topological polar surface area (TPSA) is 30.0 Å². The molecule has 0 N–H and O–H groups in total. The first kappa shape index (κ1) is 19.7. The minimum absolute atomic E-state index is 0.138. The van der Waals surface area contributed by atoms with Crippen molar-refractivity contribution in [2.24, 2.45) is 0 Å². The molecule has 6 heteroatoms. The Balaban J connectivity index is 1.29. The summed E-state index contributed by atoms with van der Waals surface area (Å²) in [6.07, 6.45) is 0. The second-order valence-corrected chi connectivity index (χ2v) is 7.80. The molecular weight excluding hydrogens is 367 g/mol. The first-order valence-electron chi connectivity index (χ1n) is 10.5. The predicted molar refractivity (Wildman–Crippen MR) is 115 cm³/mol. The van der Waals surface area contributed by atoms with Crippen molar-refractivity contribution in [3.05, 3.63) is 60.4 Å². The standard InChI is InChI=1S/C23H29FN4O/c1-19(25-11-15-27(16-12-25)22-10-6-5-9-21(22)24)23(29)28-17-13-26(14-18-28)20-7-3-2-4-8-20/h2-10,19H,11-18H2,1H3. The molecule has 2 aliphatic heterocycles. The molecular formula is C23H29FN4O. The van der Waals surface area contributed by atoms with E-state index in [1.165, 1.54) is 11.8 Å². The van der Waals surface area contributed by atoms with Gasteiger partial charge in [-0.25, -0.2) is 4.39 Å². The lowest BCUT2D eigenvalue weighted by Crippen LogP contribution is -2.57. The highest BCUT2D eigenvalue weighted by atomic mass is 19.1. The summed E-state index contributed by atoms with van der Waals surface area (Å²) >= 11 is 0. The Morgan fingerprint density at radius 1 is 0.793 bits per heavy atom. The van der Waals surface area contributed by atoms with Gasteiger partial charge in [0.2, 0.25) is 5.91 Å². The average Bonchev–Trinajstić information content (AvgIpc) is 2.79. The fourth-order valence-corrected chi connectivity index (χ4v) is 4.30. The molecule has 4 rings (SSSR count). The van der Waals surface area contributed by atoms with Gasteiger partial charge in [-0.15, -0.1) is 0 Å². The molecule has 2 saturated heterocycles. The van der Waals surface area contributed by atoms with E-state index in [9.17, 15) is 9.18 Å². The lowest BCUT2D eigenvalue weighted by atomic mass is 10.1.